The van der Waals surface area contributed by atoms with Gasteiger partial charge in [0.1, 0.15) is 5.52 Å². The highest BCUT2D eigenvalue weighted by atomic mass is 35.5. The lowest BCUT2D eigenvalue weighted by molar-refractivity contribution is -0.144. The van der Waals surface area contributed by atoms with Gasteiger partial charge < -0.3 is 29.4 Å². The van der Waals surface area contributed by atoms with Crippen molar-refractivity contribution in [2.24, 2.45) is 5.92 Å². The van der Waals surface area contributed by atoms with Crippen LogP contribution in [0.15, 0.2) is 40.8 Å². The molecule has 2 aliphatic rings. The number of likely N-dealkylation sites (N-methyl/N-ethyl adjacent to an activating group) is 1. The lowest BCUT2D eigenvalue weighted by Gasteiger charge is -2.33. The number of fused-ring (bicyclic) bond motifs is 1. The molecule has 1 saturated carbocycles. The molecule has 3 aromatic rings. The van der Waals surface area contributed by atoms with Crippen molar-refractivity contribution in [1.29, 1.82) is 0 Å². The van der Waals surface area contributed by atoms with E-state index in [1.54, 1.807) is 18.2 Å². The highest BCUT2D eigenvalue weighted by Crippen LogP contribution is 2.31. The Balaban J connectivity index is 1.24. The zero-order chi connectivity index (χ0) is 29.1. The zero-order valence-corrected chi connectivity index (χ0v) is 24.8. The Hall–Kier alpha value is -2.85. The second-order valence-electron chi connectivity index (χ2n) is 11.3. The summed E-state index contributed by atoms with van der Waals surface area (Å²) >= 11 is 12.1. The van der Waals surface area contributed by atoms with Crippen LogP contribution in [0.3, 0.4) is 0 Å². The molecular weight excluding hydrogens is 567 g/mol. The fourth-order valence-corrected chi connectivity index (χ4v) is 6.25. The number of carbonyl (C=O) groups excluding carboxylic acids is 1. The van der Waals surface area contributed by atoms with Gasteiger partial charge in [0.25, 0.3) is 6.01 Å². The van der Waals surface area contributed by atoms with E-state index >= 15 is 0 Å². The van der Waals surface area contributed by atoms with Crippen molar-refractivity contribution in [2.75, 3.05) is 32.6 Å². The van der Waals surface area contributed by atoms with Crippen LogP contribution >= 0.6 is 23.2 Å². The highest BCUT2D eigenvalue weighted by Gasteiger charge is 2.38. The number of halogens is 2. The molecule has 1 aliphatic carbocycles. The number of hydrogen-bond donors (Lipinski definition) is 2. The quantitative estimate of drug-likeness (QED) is 0.291. The average molecular weight is 604 g/mol. The van der Waals surface area contributed by atoms with Crippen molar-refractivity contribution in [2.45, 2.75) is 63.1 Å². The number of anilines is 2. The number of aliphatic carboxylic acids is 1. The van der Waals surface area contributed by atoms with Gasteiger partial charge in [-0.25, -0.2) is 0 Å². The van der Waals surface area contributed by atoms with E-state index in [1.165, 1.54) is 0 Å². The van der Waals surface area contributed by atoms with Crippen LogP contribution in [0, 0.1) is 5.92 Å². The molecule has 0 unspecified atom stereocenters. The van der Waals surface area contributed by atoms with Crippen molar-refractivity contribution in [3.05, 3.63) is 52.0 Å². The summed E-state index contributed by atoms with van der Waals surface area (Å²) in [5.41, 5.74) is 2.81. The first-order valence-corrected chi connectivity index (χ1v) is 14.8. The molecule has 0 spiro atoms. The number of rotatable bonds is 10. The van der Waals surface area contributed by atoms with Gasteiger partial charge in [0.2, 0.25) is 5.91 Å². The third-order valence-electron chi connectivity index (χ3n) is 8.01. The normalized spacial score (nSPS) is 22.9. The van der Waals surface area contributed by atoms with Crippen LogP contribution in [0.4, 0.5) is 11.7 Å². The second-order valence-corrected chi connectivity index (χ2v) is 12.2. The number of benzene rings is 2. The third-order valence-corrected chi connectivity index (χ3v) is 8.75. The van der Waals surface area contributed by atoms with E-state index in [4.69, 9.17) is 32.4 Å². The van der Waals surface area contributed by atoms with Gasteiger partial charge in [-0.2, -0.15) is 4.98 Å². The number of carbonyl (C=O) groups is 2. The number of carboxylic acids is 1. The summed E-state index contributed by atoms with van der Waals surface area (Å²) in [4.78, 5) is 33.6. The SMILES string of the molecule is CN(C)C[C@@H]1CC[C@@H](COC2CCC(C(=O)O)CC2)N1C(=O)Cc1ccc2nc(Nc3ccc(Cl)c(Cl)c3)oc2c1. The molecule has 9 nitrogen and oxygen atoms in total. The average Bonchev–Trinajstić information content (AvgIpc) is 3.52. The molecule has 220 valence electrons. The van der Waals surface area contributed by atoms with E-state index in [-0.39, 0.29) is 36.4 Å². The summed E-state index contributed by atoms with van der Waals surface area (Å²) in [5, 5.41) is 13.3. The van der Waals surface area contributed by atoms with Crippen LogP contribution in [0.1, 0.15) is 44.1 Å². The predicted octanol–water partition coefficient (Wildman–Crippen LogP) is 6.00. The Morgan fingerprint density at radius 3 is 2.51 bits per heavy atom. The topological polar surface area (TPSA) is 108 Å². The molecular formula is C30H36Cl2N4O5. The standard InChI is InChI=1S/C30H36Cl2N4O5/c1-35(2)16-21-7-8-22(17-40-23-9-4-19(5-10-23)29(38)39)36(21)28(37)14-18-3-12-26-27(13-18)41-30(34-26)33-20-6-11-24(31)25(32)15-20/h3,6,11-13,15,19,21-23H,4-5,7-10,14,16-17H2,1-2H3,(H,33,34)(H,38,39)/t19?,21-,22-,23?/m0/s1. The van der Waals surface area contributed by atoms with Crippen LogP contribution in [0.2, 0.25) is 10.0 Å². The molecule has 1 aliphatic heterocycles. The fraction of sp³-hybridized carbons (Fsp3) is 0.500. The maximum absolute atomic E-state index is 13.7. The molecule has 2 fully saturated rings. The molecule has 1 saturated heterocycles. The van der Waals surface area contributed by atoms with Crippen LogP contribution in [-0.2, 0) is 20.7 Å². The van der Waals surface area contributed by atoms with Crippen LogP contribution in [0.25, 0.3) is 11.1 Å². The van der Waals surface area contributed by atoms with Crippen LogP contribution < -0.4 is 5.32 Å². The summed E-state index contributed by atoms with van der Waals surface area (Å²) < 4.78 is 12.2. The van der Waals surface area contributed by atoms with E-state index in [9.17, 15) is 14.7 Å². The lowest BCUT2D eigenvalue weighted by atomic mass is 9.87. The van der Waals surface area contributed by atoms with Gasteiger partial charge in [0.05, 0.1) is 41.1 Å². The van der Waals surface area contributed by atoms with Gasteiger partial charge in [-0.3, -0.25) is 9.59 Å². The van der Waals surface area contributed by atoms with Crippen molar-refractivity contribution in [1.82, 2.24) is 14.8 Å². The molecule has 2 heterocycles. The molecule has 2 N–H and O–H groups in total. The molecule has 0 radical (unpaired) electrons. The Morgan fingerprint density at radius 1 is 1.05 bits per heavy atom. The number of likely N-dealkylation sites (tertiary alicyclic amines) is 1. The molecule has 1 amide bonds. The number of carboxylic acid groups (broad SMARTS) is 1. The fourth-order valence-electron chi connectivity index (χ4n) is 5.95. The van der Waals surface area contributed by atoms with Crippen molar-refractivity contribution in [3.8, 4) is 0 Å². The van der Waals surface area contributed by atoms with Gasteiger partial charge in [-0.1, -0.05) is 29.3 Å². The van der Waals surface area contributed by atoms with Crippen LogP contribution in [-0.4, -0.2) is 77.2 Å². The van der Waals surface area contributed by atoms with E-state index in [0.717, 1.165) is 37.8 Å². The van der Waals surface area contributed by atoms with Gasteiger partial charge in [-0.05, 0) is 88.5 Å². The lowest BCUT2D eigenvalue weighted by Crippen LogP contribution is -2.47. The predicted molar refractivity (Wildman–Crippen MR) is 159 cm³/mol. The first-order valence-electron chi connectivity index (χ1n) is 14.1. The molecule has 0 bridgehead atoms. The number of oxazole rings is 1. The third kappa shape index (κ3) is 7.33. The maximum Gasteiger partial charge on any atom is 0.306 e. The smallest absolute Gasteiger partial charge is 0.306 e. The molecule has 41 heavy (non-hydrogen) atoms. The Bertz CT molecular complexity index is 1390. The van der Waals surface area contributed by atoms with Crippen molar-refractivity contribution >= 4 is 57.9 Å². The van der Waals surface area contributed by atoms with Gasteiger partial charge in [0.15, 0.2) is 5.58 Å². The summed E-state index contributed by atoms with van der Waals surface area (Å²) in [5.74, 6) is -0.927. The molecule has 11 heteroatoms. The van der Waals surface area contributed by atoms with Gasteiger partial charge in [0, 0.05) is 18.3 Å². The maximum atomic E-state index is 13.7. The summed E-state index contributed by atoms with van der Waals surface area (Å²) in [7, 11) is 4.05. The van der Waals surface area contributed by atoms with Crippen molar-refractivity contribution in [3.63, 3.8) is 0 Å². The summed E-state index contributed by atoms with van der Waals surface area (Å²) in [6, 6.07) is 11.3. The summed E-state index contributed by atoms with van der Waals surface area (Å²) in [6.45, 7) is 1.26. The molecule has 2 aromatic carbocycles. The number of aromatic nitrogens is 1. The van der Waals surface area contributed by atoms with Gasteiger partial charge in [-0.15, -0.1) is 0 Å². The number of nitrogens with zero attached hydrogens (tertiary/aromatic N) is 3. The number of hydrogen-bond acceptors (Lipinski definition) is 7. The monoisotopic (exact) mass is 602 g/mol. The molecule has 5 rings (SSSR count). The number of ether oxygens (including phenoxy) is 1. The number of nitrogens with one attached hydrogen (secondary N) is 1. The highest BCUT2D eigenvalue weighted by molar-refractivity contribution is 6.42. The van der Waals surface area contributed by atoms with E-state index in [1.807, 2.05) is 37.2 Å². The van der Waals surface area contributed by atoms with Gasteiger partial charge >= 0.3 is 5.97 Å². The Morgan fingerprint density at radius 2 is 1.80 bits per heavy atom. The van der Waals surface area contributed by atoms with E-state index in [2.05, 4.69) is 15.2 Å². The van der Waals surface area contributed by atoms with Crippen LogP contribution in [0.5, 0.6) is 0 Å². The molecule has 2 atom stereocenters. The first kappa shape index (κ1) is 29.6. The first-order chi connectivity index (χ1) is 19.7. The van der Waals surface area contributed by atoms with E-state index in [0.29, 0.717) is 52.3 Å². The largest absolute Gasteiger partial charge is 0.481 e. The summed E-state index contributed by atoms with van der Waals surface area (Å²) in [6.07, 6.45) is 4.90. The molecule has 1 aromatic heterocycles. The Kier molecular flexibility index (Phi) is 9.38. The minimum atomic E-state index is -0.718. The minimum Gasteiger partial charge on any atom is -0.481 e. The minimum absolute atomic E-state index is 0.000611. The second kappa shape index (κ2) is 13.0. The van der Waals surface area contributed by atoms with E-state index < -0.39 is 5.97 Å². The Labute approximate surface area is 249 Å². The van der Waals surface area contributed by atoms with Crippen molar-refractivity contribution < 1.29 is 23.8 Å². The number of amides is 1. The zero-order valence-electron chi connectivity index (χ0n) is 23.3.